The molecule has 0 aliphatic rings. The number of amides is 1. The van der Waals surface area contributed by atoms with Crippen molar-refractivity contribution < 1.29 is 15.0 Å². The molecule has 14 heavy (non-hydrogen) atoms. The van der Waals surface area contributed by atoms with Crippen molar-refractivity contribution in [1.29, 1.82) is 0 Å². The third-order valence-electron chi connectivity index (χ3n) is 1.41. The number of aliphatic hydroxyl groups excluding tert-OH is 2. The van der Waals surface area contributed by atoms with E-state index >= 15 is 0 Å². The highest BCUT2D eigenvalue weighted by molar-refractivity contribution is 5.92. The summed E-state index contributed by atoms with van der Waals surface area (Å²) < 4.78 is 0. The van der Waals surface area contributed by atoms with Crippen molar-refractivity contribution in [1.82, 2.24) is 9.97 Å². The minimum atomic E-state index is -1.14. The number of nitrogens with one attached hydrogen (secondary N) is 1. The minimum Gasteiger partial charge on any atom is -0.393 e. The average Bonchev–Trinajstić information content (AvgIpc) is 2.62. The Balaban J connectivity index is 2.89. The monoisotopic (exact) mass is 195 g/mol. The Morgan fingerprint density at radius 2 is 2.50 bits per heavy atom. The van der Waals surface area contributed by atoms with Gasteiger partial charge < -0.3 is 20.9 Å². The fourth-order valence-corrected chi connectivity index (χ4v) is 0.778. The van der Waals surface area contributed by atoms with E-state index in [0.717, 1.165) is 0 Å². The predicted octanol–water partition coefficient (Wildman–Crippen LogP) is -1.79. The second-order valence-corrected chi connectivity index (χ2v) is 2.46. The van der Waals surface area contributed by atoms with Crippen LogP contribution in [0.1, 0.15) is 16.2 Å². The lowest BCUT2D eigenvalue weighted by molar-refractivity contribution is 0.0996. The van der Waals surface area contributed by atoms with Gasteiger partial charge in [-0.2, -0.15) is 0 Å². The molecule has 74 valence electrons. The highest BCUT2D eigenvalue weighted by Gasteiger charge is 2.08. The van der Waals surface area contributed by atoms with Gasteiger partial charge in [-0.05, 0) is 5.92 Å². The van der Waals surface area contributed by atoms with Gasteiger partial charge in [0.15, 0.2) is 5.69 Å². The molecule has 1 heterocycles. The molecule has 6 nitrogen and oxygen atoms in total. The number of H-pyrrole nitrogens is 1. The molecule has 6 heteroatoms. The number of hydrogen-bond acceptors (Lipinski definition) is 4. The van der Waals surface area contributed by atoms with Crippen LogP contribution in [0.15, 0.2) is 6.33 Å². The fourth-order valence-electron chi connectivity index (χ4n) is 0.778. The summed E-state index contributed by atoms with van der Waals surface area (Å²) in [6.07, 6.45) is 0.133. The zero-order chi connectivity index (χ0) is 10.6. The molecular weight excluding hydrogens is 186 g/mol. The number of nitrogens with two attached hydrogens (primary N) is 1. The molecule has 0 bridgehead atoms. The molecule has 0 aliphatic heterocycles. The molecule has 1 rings (SSSR count). The van der Waals surface area contributed by atoms with Gasteiger partial charge in [0.1, 0.15) is 11.8 Å². The molecular formula is C8H9N3O3. The Morgan fingerprint density at radius 3 is 3.07 bits per heavy atom. The summed E-state index contributed by atoms with van der Waals surface area (Å²) >= 11 is 0. The fraction of sp³-hybridized carbons (Fsp3) is 0.250. The molecule has 1 atom stereocenters. The number of carbonyl (C=O) groups excluding carboxylic acids is 1. The van der Waals surface area contributed by atoms with Gasteiger partial charge in [0, 0.05) is 0 Å². The maximum Gasteiger partial charge on any atom is 0.270 e. The van der Waals surface area contributed by atoms with Gasteiger partial charge in [0.05, 0.1) is 12.9 Å². The van der Waals surface area contributed by atoms with Crippen LogP contribution in [-0.4, -0.2) is 38.8 Å². The van der Waals surface area contributed by atoms with Gasteiger partial charge in [-0.15, -0.1) is 0 Å². The van der Waals surface area contributed by atoms with Crippen molar-refractivity contribution in [3.8, 4) is 11.8 Å². The lowest BCUT2D eigenvalue weighted by Crippen LogP contribution is -2.13. The molecule has 1 unspecified atom stereocenters. The molecule has 0 spiro atoms. The first-order valence-corrected chi connectivity index (χ1v) is 3.78. The number of aliphatic hydroxyl groups is 2. The molecule has 1 aromatic rings. The Labute approximate surface area is 79.8 Å². The Bertz CT molecular complexity index is 388. The summed E-state index contributed by atoms with van der Waals surface area (Å²) in [5.74, 6) is 4.05. The lowest BCUT2D eigenvalue weighted by atomic mass is 10.3. The van der Waals surface area contributed by atoms with Crippen LogP contribution in [0.25, 0.3) is 0 Å². The highest BCUT2D eigenvalue weighted by Crippen LogP contribution is 1.98. The quantitative estimate of drug-likeness (QED) is 0.417. The summed E-state index contributed by atoms with van der Waals surface area (Å²) in [7, 11) is 0. The van der Waals surface area contributed by atoms with Crippen molar-refractivity contribution in [2.45, 2.75) is 6.10 Å². The van der Waals surface area contributed by atoms with E-state index in [4.69, 9.17) is 15.9 Å². The first-order chi connectivity index (χ1) is 6.65. The maximum absolute atomic E-state index is 10.8. The van der Waals surface area contributed by atoms with E-state index in [0.29, 0.717) is 0 Å². The van der Waals surface area contributed by atoms with E-state index in [1.54, 1.807) is 0 Å². The van der Waals surface area contributed by atoms with Gasteiger partial charge in [0.2, 0.25) is 0 Å². The van der Waals surface area contributed by atoms with Gasteiger partial charge in [-0.1, -0.05) is 5.92 Å². The molecule has 1 amide bonds. The van der Waals surface area contributed by atoms with Gasteiger partial charge in [-0.25, -0.2) is 4.98 Å². The zero-order valence-corrected chi connectivity index (χ0v) is 7.19. The van der Waals surface area contributed by atoms with Crippen LogP contribution >= 0.6 is 0 Å². The lowest BCUT2D eigenvalue weighted by Gasteiger charge is -1.93. The SMILES string of the molecule is NC(=O)c1nc[nH]c1C#CC(O)CO. The number of aromatic nitrogens is 2. The van der Waals surface area contributed by atoms with Crippen LogP contribution < -0.4 is 5.73 Å². The van der Waals surface area contributed by atoms with Crippen LogP contribution in [0.5, 0.6) is 0 Å². The number of hydrogen-bond donors (Lipinski definition) is 4. The van der Waals surface area contributed by atoms with E-state index in [9.17, 15) is 4.79 Å². The smallest absolute Gasteiger partial charge is 0.270 e. The Morgan fingerprint density at radius 1 is 1.79 bits per heavy atom. The molecule has 0 radical (unpaired) electrons. The Hall–Kier alpha value is -1.84. The van der Waals surface area contributed by atoms with Gasteiger partial charge in [0.25, 0.3) is 5.91 Å². The van der Waals surface area contributed by atoms with Gasteiger partial charge in [-0.3, -0.25) is 4.79 Å². The topological polar surface area (TPSA) is 112 Å². The van der Waals surface area contributed by atoms with Crippen LogP contribution in [0.4, 0.5) is 0 Å². The maximum atomic E-state index is 10.8. The third-order valence-corrected chi connectivity index (χ3v) is 1.41. The number of imidazole rings is 1. The number of carbonyl (C=O) groups is 1. The summed E-state index contributed by atoms with van der Waals surface area (Å²) in [5.41, 5.74) is 5.24. The average molecular weight is 195 g/mol. The summed E-state index contributed by atoms with van der Waals surface area (Å²) in [4.78, 5) is 17.0. The third kappa shape index (κ3) is 2.32. The molecule has 0 fully saturated rings. The van der Waals surface area contributed by atoms with Crippen LogP contribution in [0, 0.1) is 11.8 Å². The number of rotatable bonds is 2. The van der Waals surface area contributed by atoms with Crippen LogP contribution in [-0.2, 0) is 0 Å². The predicted molar refractivity (Wildman–Crippen MR) is 47.1 cm³/mol. The van der Waals surface area contributed by atoms with E-state index < -0.39 is 18.6 Å². The molecule has 0 aromatic carbocycles. The van der Waals surface area contributed by atoms with Crippen LogP contribution in [0.3, 0.4) is 0 Å². The first-order valence-electron chi connectivity index (χ1n) is 3.78. The second-order valence-electron chi connectivity index (χ2n) is 2.46. The van der Waals surface area contributed by atoms with E-state index in [2.05, 4.69) is 21.8 Å². The standard InChI is InChI=1S/C8H9N3O3/c9-8(14)7-6(10-4-11-7)2-1-5(13)3-12/h4-5,12-13H,3H2,(H2,9,14)(H,10,11). The number of aromatic amines is 1. The normalized spacial score (nSPS) is 11.6. The second kappa shape index (κ2) is 4.41. The molecule has 5 N–H and O–H groups in total. The molecule has 0 saturated heterocycles. The number of nitrogens with zero attached hydrogens (tertiary/aromatic N) is 1. The molecule has 0 aliphatic carbocycles. The Kier molecular flexibility index (Phi) is 3.23. The van der Waals surface area contributed by atoms with Crippen molar-refractivity contribution in [3.63, 3.8) is 0 Å². The highest BCUT2D eigenvalue weighted by atomic mass is 16.3. The minimum absolute atomic E-state index is 0.0163. The molecule has 0 saturated carbocycles. The van der Waals surface area contributed by atoms with E-state index in [-0.39, 0.29) is 11.4 Å². The zero-order valence-electron chi connectivity index (χ0n) is 7.19. The largest absolute Gasteiger partial charge is 0.393 e. The first kappa shape index (κ1) is 10.2. The van der Waals surface area contributed by atoms with Gasteiger partial charge >= 0.3 is 0 Å². The number of primary amides is 1. The van der Waals surface area contributed by atoms with E-state index in [1.165, 1.54) is 6.33 Å². The van der Waals surface area contributed by atoms with Crippen molar-refractivity contribution in [2.75, 3.05) is 6.61 Å². The summed E-state index contributed by atoms with van der Waals surface area (Å²) in [6.45, 7) is -0.465. The van der Waals surface area contributed by atoms with Crippen molar-refractivity contribution in [2.24, 2.45) is 5.73 Å². The molecule has 1 aromatic heterocycles. The summed E-state index contributed by atoms with van der Waals surface area (Å²) in [6, 6.07) is 0. The van der Waals surface area contributed by atoms with E-state index in [1.807, 2.05) is 0 Å². The van der Waals surface area contributed by atoms with Crippen molar-refractivity contribution in [3.05, 3.63) is 17.7 Å². The van der Waals surface area contributed by atoms with Crippen LogP contribution in [0.2, 0.25) is 0 Å². The summed E-state index contributed by atoms with van der Waals surface area (Å²) in [5, 5.41) is 17.4. The van der Waals surface area contributed by atoms with Crippen molar-refractivity contribution >= 4 is 5.91 Å².